The van der Waals surface area contributed by atoms with E-state index in [0.717, 1.165) is 23.7 Å². The Morgan fingerprint density at radius 1 is 0.846 bits per heavy atom. The van der Waals surface area contributed by atoms with Gasteiger partial charge in [-0.25, -0.2) is 0 Å². The minimum absolute atomic E-state index is 0.677. The fourth-order valence-electron chi connectivity index (χ4n) is 9.61. The molecule has 0 N–H and O–H groups in total. The second kappa shape index (κ2) is 7.11. The third-order valence-corrected chi connectivity index (χ3v) is 10.8. The van der Waals surface area contributed by atoms with Gasteiger partial charge in [0, 0.05) is 0 Å². The van der Waals surface area contributed by atoms with Gasteiger partial charge < -0.3 is 0 Å². The molecule has 0 aromatic carbocycles. The van der Waals surface area contributed by atoms with Gasteiger partial charge in [-0.15, -0.1) is 0 Å². The summed E-state index contributed by atoms with van der Waals surface area (Å²) in [6.45, 7) is 10.4. The van der Waals surface area contributed by atoms with Gasteiger partial charge in [-0.2, -0.15) is 0 Å². The lowest BCUT2D eigenvalue weighted by atomic mass is 9.45. The Morgan fingerprint density at radius 3 is 2.46 bits per heavy atom. The highest BCUT2D eigenvalue weighted by Gasteiger charge is 2.68. The van der Waals surface area contributed by atoms with Gasteiger partial charge in [-0.3, -0.25) is 0 Å². The van der Waals surface area contributed by atoms with Crippen LogP contribution in [0.3, 0.4) is 0 Å². The van der Waals surface area contributed by atoms with Crippen LogP contribution in [-0.2, 0) is 0 Å². The molecular weight excluding hydrogens is 312 g/mol. The van der Waals surface area contributed by atoms with Crippen molar-refractivity contribution in [3.05, 3.63) is 0 Å². The fourth-order valence-corrected chi connectivity index (χ4v) is 9.61. The van der Waals surface area contributed by atoms with E-state index in [1.54, 1.807) is 44.9 Å². The van der Waals surface area contributed by atoms with Gasteiger partial charge in [0.15, 0.2) is 0 Å². The average molecular weight is 359 g/mol. The molecule has 0 aromatic rings. The Bertz CT molecular complexity index is 494. The summed E-state index contributed by atoms with van der Waals surface area (Å²) in [4.78, 5) is 0. The van der Waals surface area contributed by atoms with E-state index in [4.69, 9.17) is 0 Å². The molecule has 0 bridgehead atoms. The zero-order chi connectivity index (χ0) is 18.4. The highest BCUT2D eigenvalue weighted by Crippen LogP contribution is 2.76. The van der Waals surface area contributed by atoms with Gasteiger partial charge in [0.2, 0.25) is 0 Å². The molecule has 26 heavy (non-hydrogen) atoms. The molecule has 4 aliphatic carbocycles. The third kappa shape index (κ3) is 2.59. The second-order valence-electron chi connectivity index (χ2n) is 11.5. The zero-order valence-corrected chi connectivity index (χ0v) is 18.4. The molecule has 0 amide bonds. The highest BCUT2D eigenvalue weighted by atomic mass is 14.7. The molecule has 150 valence electrons. The standard InChI is InChI=1S/C26H46/c1-5-7-8-12-21-14-15-23-24(21,3)16-11-18-26(23)19-20(6-2)22-13-9-10-17-25(22,26)4/h20-23H,5-19H2,1-4H3/t20-,21?,22?,23?,24?,25?,26?/m0/s1. The van der Waals surface area contributed by atoms with E-state index in [0.29, 0.717) is 16.2 Å². The third-order valence-electron chi connectivity index (χ3n) is 10.8. The van der Waals surface area contributed by atoms with E-state index in [1.165, 1.54) is 51.4 Å². The Labute approximate surface area is 164 Å². The van der Waals surface area contributed by atoms with Gasteiger partial charge >= 0.3 is 0 Å². The van der Waals surface area contributed by atoms with Crippen LogP contribution in [0.1, 0.15) is 124 Å². The van der Waals surface area contributed by atoms with E-state index < -0.39 is 0 Å². The molecule has 4 fully saturated rings. The van der Waals surface area contributed by atoms with E-state index in [1.807, 2.05) is 0 Å². The van der Waals surface area contributed by atoms with Crippen molar-refractivity contribution >= 4 is 0 Å². The Kier molecular flexibility index (Phi) is 5.28. The van der Waals surface area contributed by atoms with Gasteiger partial charge in [-0.05, 0) is 91.3 Å². The maximum absolute atomic E-state index is 2.79. The van der Waals surface area contributed by atoms with Gasteiger partial charge in [0.05, 0.1) is 0 Å². The van der Waals surface area contributed by atoms with E-state index in [2.05, 4.69) is 27.7 Å². The van der Waals surface area contributed by atoms with Crippen molar-refractivity contribution < 1.29 is 0 Å². The lowest BCUT2D eigenvalue weighted by Crippen LogP contribution is -2.52. The number of fused-ring (bicyclic) bond motifs is 4. The topological polar surface area (TPSA) is 0 Å². The van der Waals surface area contributed by atoms with Crippen LogP contribution in [0.2, 0.25) is 0 Å². The van der Waals surface area contributed by atoms with Crippen molar-refractivity contribution in [2.75, 3.05) is 0 Å². The second-order valence-corrected chi connectivity index (χ2v) is 11.5. The summed E-state index contributed by atoms with van der Waals surface area (Å²) in [7, 11) is 0. The lowest BCUT2D eigenvalue weighted by molar-refractivity contribution is -0.110. The summed E-state index contributed by atoms with van der Waals surface area (Å²) in [6.07, 6.45) is 22.9. The first kappa shape index (κ1) is 19.3. The zero-order valence-electron chi connectivity index (χ0n) is 18.4. The van der Waals surface area contributed by atoms with Crippen LogP contribution < -0.4 is 0 Å². The molecule has 4 aliphatic rings. The van der Waals surface area contributed by atoms with Gasteiger partial charge in [0.1, 0.15) is 0 Å². The summed E-state index contributed by atoms with van der Waals surface area (Å²) < 4.78 is 0. The van der Waals surface area contributed by atoms with Crippen LogP contribution in [0.25, 0.3) is 0 Å². The van der Waals surface area contributed by atoms with Crippen LogP contribution >= 0.6 is 0 Å². The van der Waals surface area contributed by atoms with Crippen molar-refractivity contribution in [2.45, 2.75) is 124 Å². The van der Waals surface area contributed by atoms with Gasteiger partial charge in [0.25, 0.3) is 0 Å². The molecule has 0 aliphatic heterocycles. The quantitative estimate of drug-likeness (QED) is 0.433. The van der Waals surface area contributed by atoms with Crippen molar-refractivity contribution in [1.82, 2.24) is 0 Å². The first-order chi connectivity index (χ1) is 12.5. The molecule has 6 unspecified atom stereocenters. The van der Waals surface area contributed by atoms with E-state index >= 15 is 0 Å². The molecule has 0 radical (unpaired) electrons. The SMILES string of the molecule is CCCCCC1CCC2C1(C)CCCC21C[C@H](CC)C2CCCCC21C. The fraction of sp³-hybridized carbons (Fsp3) is 1.00. The van der Waals surface area contributed by atoms with Crippen molar-refractivity contribution in [3.63, 3.8) is 0 Å². The van der Waals surface area contributed by atoms with E-state index in [9.17, 15) is 0 Å². The largest absolute Gasteiger partial charge is 0.0654 e. The summed E-state index contributed by atoms with van der Waals surface area (Å²) in [6, 6.07) is 0. The minimum Gasteiger partial charge on any atom is -0.0654 e. The molecule has 0 saturated heterocycles. The lowest BCUT2D eigenvalue weighted by Gasteiger charge is -2.60. The molecule has 4 saturated carbocycles. The molecule has 7 atom stereocenters. The molecular formula is C26H46. The minimum atomic E-state index is 0.677. The predicted molar refractivity (Wildman–Crippen MR) is 113 cm³/mol. The van der Waals surface area contributed by atoms with Gasteiger partial charge in [-0.1, -0.05) is 72.6 Å². The molecule has 0 heteroatoms. The van der Waals surface area contributed by atoms with Crippen LogP contribution in [-0.4, -0.2) is 0 Å². The molecule has 0 nitrogen and oxygen atoms in total. The van der Waals surface area contributed by atoms with Crippen molar-refractivity contribution in [1.29, 1.82) is 0 Å². The summed E-state index contributed by atoms with van der Waals surface area (Å²) in [5.41, 5.74) is 2.07. The van der Waals surface area contributed by atoms with Crippen LogP contribution in [0.4, 0.5) is 0 Å². The highest BCUT2D eigenvalue weighted by molar-refractivity contribution is 5.17. The Hall–Kier alpha value is 0. The van der Waals surface area contributed by atoms with E-state index in [-0.39, 0.29) is 0 Å². The predicted octanol–water partition coefficient (Wildman–Crippen LogP) is 8.40. The normalized spacial score (nSPS) is 50.8. The first-order valence-electron chi connectivity index (χ1n) is 12.5. The number of hydrogen-bond donors (Lipinski definition) is 0. The molecule has 1 spiro atoms. The average Bonchev–Trinajstić information content (AvgIpc) is 3.09. The van der Waals surface area contributed by atoms with Crippen LogP contribution in [0.15, 0.2) is 0 Å². The first-order valence-corrected chi connectivity index (χ1v) is 12.5. The number of unbranched alkanes of at least 4 members (excludes halogenated alkanes) is 2. The monoisotopic (exact) mass is 358 g/mol. The summed E-state index contributed by atoms with van der Waals surface area (Å²) >= 11 is 0. The maximum Gasteiger partial charge on any atom is -0.0205 e. The van der Waals surface area contributed by atoms with Crippen LogP contribution in [0, 0.1) is 39.9 Å². The smallest absolute Gasteiger partial charge is 0.0205 e. The van der Waals surface area contributed by atoms with Crippen molar-refractivity contribution in [2.24, 2.45) is 39.9 Å². The number of hydrogen-bond acceptors (Lipinski definition) is 0. The molecule has 0 aromatic heterocycles. The molecule has 0 heterocycles. The Morgan fingerprint density at radius 2 is 1.69 bits per heavy atom. The summed E-state index contributed by atoms with van der Waals surface area (Å²) in [5, 5.41) is 0. The molecule has 4 rings (SSSR count). The van der Waals surface area contributed by atoms with Crippen molar-refractivity contribution in [3.8, 4) is 0 Å². The summed E-state index contributed by atoms with van der Waals surface area (Å²) in [5.74, 6) is 4.20. The maximum atomic E-state index is 2.79. The Balaban J connectivity index is 1.64. The van der Waals surface area contributed by atoms with Crippen LogP contribution in [0.5, 0.6) is 0 Å². The number of rotatable bonds is 5.